The van der Waals surface area contributed by atoms with Gasteiger partial charge in [-0.3, -0.25) is 23.2 Å². The van der Waals surface area contributed by atoms with Crippen LogP contribution in [0.4, 0.5) is 0 Å². The Labute approximate surface area is 333 Å². The molecular weight excluding hydrogens is 776 g/mol. The fourth-order valence-corrected chi connectivity index (χ4v) is 8.05. The number of phosphoric acid groups is 2. The van der Waals surface area contributed by atoms with Crippen LogP contribution in [-0.2, 0) is 41.8 Å². The second-order valence-corrected chi connectivity index (χ2v) is 17.5. The zero-order valence-corrected chi connectivity index (χ0v) is 35.2. The van der Waals surface area contributed by atoms with Crippen molar-refractivity contribution in [2.24, 2.45) is 5.73 Å². The highest BCUT2D eigenvalue weighted by atomic mass is 31.2. The van der Waals surface area contributed by atoms with Crippen molar-refractivity contribution in [3.05, 3.63) is 0 Å². The first-order chi connectivity index (χ1) is 26.6. The number of carbonyl (C=O) groups excluding carboxylic acids is 2. The number of aliphatic hydroxyl groups excluding tert-OH is 4. The Bertz CT molecular complexity index is 1130. The van der Waals surface area contributed by atoms with E-state index in [4.69, 9.17) is 34.0 Å². The first-order valence-corrected chi connectivity index (χ1v) is 23.8. The molecule has 0 amide bonds. The highest BCUT2D eigenvalue weighted by Crippen LogP contribution is 2.49. The summed E-state index contributed by atoms with van der Waals surface area (Å²) in [5.74, 6) is -1.22. The average Bonchev–Trinajstić information content (AvgIpc) is 3.14. The van der Waals surface area contributed by atoms with Gasteiger partial charge >= 0.3 is 27.6 Å². The topological polar surface area (TPSA) is 282 Å². The molecule has 0 aromatic rings. The van der Waals surface area contributed by atoms with E-state index < -0.39 is 83.5 Å². The van der Waals surface area contributed by atoms with Gasteiger partial charge in [0.05, 0.1) is 6.61 Å². The molecule has 1 fully saturated rings. The third-order valence-corrected chi connectivity index (χ3v) is 11.3. The van der Waals surface area contributed by atoms with Gasteiger partial charge in [-0.05, 0) is 25.8 Å². The molecule has 1 saturated carbocycles. The van der Waals surface area contributed by atoms with Gasteiger partial charge in [0.2, 0.25) is 0 Å². The Kier molecular flexibility index (Phi) is 29.3. The van der Waals surface area contributed by atoms with E-state index in [0.717, 1.165) is 77.0 Å². The molecule has 1 rings (SSSR count). The number of hydrogen-bond donors (Lipinski definition) is 8. The number of aliphatic hydroxyl groups is 4. The van der Waals surface area contributed by atoms with Crippen LogP contribution in [0.15, 0.2) is 0 Å². The van der Waals surface area contributed by atoms with E-state index in [2.05, 4.69) is 11.4 Å². The van der Waals surface area contributed by atoms with E-state index in [1.165, 1.54) is 51.4 Å². The second-order valence-electron chi connectivity index (χ2n) is 14.9. The number of esters is 2. The van der Waals surface area contributed by atoms with Crippen molar-refractivity contribution in [2.45, 2.75) is 204 Å². The number of rotatable bonds is 35. The maximum absolute atomic E-state index is 12.9. The molecule has 0 spiro atoms. The average molecular weight is 850 g/mol. The van der Waals surface area contributed by atoms with Crippen molar-refractivity contribution in [1.29, 1.82) is 0 Å². The van der Waals surface area contributed by atoms with Gasteiger partial charge in [0, 0.05) is 12.8 Å². The summed E-state index contributed by atoms with van der Waals surface area (Å²) in [7, 11) is -10.6. The Hall–Kier alpha value is -1.04. The van der Waals surface area contributed by atoms with Crippen LogP contribution < -0.4 is 5.73 Å². The summed E-state index contributed by atoms with van der Waals surface area (Å²) in [6.07, 6.45) is 9.00. The lowest BCUT2D eigenvalue weighted by atomic mass is 9.85. The van der Waals surface area contributed by atoms with Crippen LogP contribution in [-0.4, -0.2) is 110 Å². The van der Waals surface area contributed by atoms with Crippen molar-refractivity contribution in [3.63, 3.8) is 0 Å². The molecule has 0 aliphatic heterocycles. The van der Waals surface area contributed by atoms with E-state index >= 15 is 0 Å². The number of ether oxygens (including phenoxy) is 2. The third-order valence-electron chi connectivity index (χ3n) is 9.78. The Morgan fingerprint density at radius 2 is 0.964 bits per heavy atom. The Balaban J connectivity index is 2.65. The molecular formula is C37H73NO16P2. The van der Waals surface area contributed by atoms with Crippen LogP contribution in [0.2, 0.25) is 0 Å². The second kappa shape index (κ2) is 30.9. The van der Waals surface area contributed by atoms with Crippen LogP contribution in [0.5, 0.6) is 0 Å². The molecule has 9 N–H and O–H groups in total. The SMILES string of the molecule is CCCCCCCCCCCCCCCC(=O)O[C@H](COC(=O)CCCCCCCCCCCN)COP(=O)(O)OC1C(O)[C@H](O)C(O)[C@H](OP(=O)(O)O)[C@@H]1O. The van der Waals surface area contributed by atoms with Crippen molar-refractivity contribution in [2.75, 3.05) is 19.8 Å². The van der Waals surface area contributed by atoms with Crippen LogP contribution in [0.25, 0.3) is 0 Å². The van der Waals surface area contributed by atoms with Crippen molar-refractivity contribution >= 4 is 27.6 Å². The van der Waals surface area contributed by atoms with Gasteiger partial charge in [-0.15, -0.1) is 0 Å². The fourth-order valence-electron chi connectivity index (χ4n) is 6.51. The van der Waals surface area contributed by atoms with Crippen LogP contribution >= 0.6 is 15.6 Å². The quantitative estimate of drug-likeness (QED) is 0.0230. The van der Waals surface area contributed by atoms with Gasteiger partial charge in [0.25, 0.3) is 0 Å². The normalized spacial score (nSPS) is 23.1. The van der Waals surface area contributed by atoms with E-state index in [1.54, 1.807) is 0 Å². The summed E-state index contributed by atoms with van der Waals surface area (Å²) in [6.45, 7) is 1.58. The minimum absolute atomic E-state index is 0.0458. The highest BCUT2D eigenvalue weighted by molar-refractivity contribution is 7.47. The fraction of sp³-hybridized carbons (Fsp3) is 0.946. The number of unbranched alkanes of at least 4 members (excludes halogenated alkanes) is 20. The standard InChI is InChI=1S/C37H73NO16P2/c1-2-3-4-5-6-7-8-9-10-12-16-19-22-25-31(40)52-29(27-50-30(39)24-21-18-15-13-11-14-17-20-23-26-38)28-51-56(48,49)54-37-34(43)32(41)33(42)36(35(37)44)53-55(45,46)47/h29,32-37,41-44H,2-28,38H2,1H3,(H,48,49)(H2,45,46,47)/t29-,32-,33?,34?,35+,36+,37?/m1/s1. The Morgan fingerprint density at radius 1 is 0.554 bits per heavy atom. The molecule has 1 aliphatic carbocycles. The lowest BCUT2D eigenvalue weighted by Gasteiger charge is -2.43. The van der Waals surface area contributed by atoms with Crippen molar-refractivity contribution in [3.8, 4) is 0 Å². The van der Waals surface area contributed by atoms with Gasteiger partial charge in [-0.1, -0.05) is 129 Å². The minimum atomic E-state index is -5.36. The number of phosphoric ester groups is 2. The maximum Gasteiger partial charge on any atom is 0.472 e. The van der Waals surface area contributed by atoms with Crippen molar-refractivity contribution in [1.82, 2.24) is 0 Å². The molecule has 1 aliphatic rings. The van der Waals surface area contributed by atoms with Crippen LogP contribution in [0.1, 0.15) is 161 Å². The molecule has 4 unspecified atom stereocenters. The molecule has 0 radical (unpaired) electrons. The molecule has 19 heteroatoms. The summed E-state index contributed by atoms with van der Waals surface area (Å²) in [6, 6.07) is 0. The van der Waals surface area contributed by atoms with Gasteiger partial charge in [-0.2, -0.15) is 0 Å². The van der Waals surface area contributed by atoms with Gasteiger partial charge < -0.3 is 50.3 Å². The summed E-state index contributed by atoms with van der Waals surface area (Å²) < 4.78 is 49.1. The molecule has 0 aromatic carbocycles. The first kappa shape index (κ1) is 53.0. The molecule has 0 saturated heterocycles. The summed E-state index contributed by atoms with van der Waals surface area (Å²) in [5.41, 5.74) is 5.52. The smallest absolute Gasteiger partial charge is 0.462 e. The predicted molar refractivity (Wildman–Crippen MR) is 208 cm³/mol. The zero-order valence-electron chi connectivity index (χ0n) is 33.4. The lowest BCUT2D eigenvalue weighted by molar-refractivity contribution is -0.216. The molecule has 56 heavy (non-hydrogen) atoms. The summed E-state index contributed by atoms with van der Waals surface area (Å²) in [5, 5.41) is 41.0. The van der Waals surface area contributed by atoms with Crippen LogP contribution in [0, 0.1) is 0 Å². The predicted octanol–water partition coefficient (Wildman–Crippen LogP) is 5.22. The first-order valence-electron chi connectivity index (χ1n) is 20.8. The van der Waals surface area contributed by atoms with E-state index in [-0.39, 0.29) is 12.8 Å². The monoisotopic (exact) mass is 849 g/mol. The van der Waals surface area contributed by atoms with Gasteiger partial charge in [0.1, 0.15) is 43.2 Å². The molecule has 8 atom stereocenters. The molecule has 332 valence electrons. The Morgan fingerprint density at radius 3 is 1.41 bits per heavy atom. The molecule has 0 heterocycles. The number of hydrogen-bond acceptors (Lipinski definition) is 14. The summed E-state index contributed by atoms with van der Waals surface area (Å²) in [4.78, 5) is 53.9. The maximum atomic E-state index is 12.9. The number of carbonyl (C=O) groups is 2. The largest absolute Gasteiger partial charge is 0.472 e. The molecule has 0 aromatic heterocycles. The highest BCUT2D eigenvalue weighted by Gasteiger charge is 2.54. The van der Waals surface area contributed by atoms with Gasteiger partial charge in [-0.25, -0.2) is 9.13 Å². The lowest BCUT2D eigenvalue weighted by Crippen LogP contribution is -2.64. The summed E-state index contributed by atoms with van der Waals surface area (Å²) >= 11 is 0. The zero-order chi connectivity index (χ0) is 41.8. The number of nitrogens with two attached hydrogens (primary N) is 1. The van der Waals surface area contributed by atoms with E-state index in [1.807, 2.05) is 0 Å². The third kappa shape index (κ3) is 25.4. The van der Waals surface area contributed by atoms with Crippen molar-refractivity contribution < 1.29 is 76.9 Å². The van der Waals surface area contributed by atoms with Gasteiger partial charge in [0.15, 0.2) is 6.10 Å². The van der Waals surface area contributed by atoms with Crippen LogP contribution in [0.3, 0.4) is 0 Å². The molecule has 0 bridgehead atoms. The minimum Gasteiger partial charge on any atom is -0.462 e. The van der Waals surface area contributed by atoms with E-state index in [9.17, 15) is 44.0 Å². The van der Waals surface area contributed by atoms with E-state index in [0.29, 0.717) is 19.4 Å². The molecule has 17 nitrogen and oxygen atoms in total.